The summed E-state index contributed by atoms with van der Waals surface area (Å²) in [6, 6.07) is 5.55. The van der Waals surface area contributed by atoms with Crippen LogP contribution in [-0.4, -0.2) is 37.0 Å². The standard InChI is InChI=1S/C15H20Cl2N2O/c1-11(15(20)19-6-4-18-5-7-19)2-3-12-8-13(16)10-14(17)9-12/h8-11,18H,2-7H2,1H3. The normalized spacial score (nSPS) is 17.1. The fraction of sp³-hybridized carbons (Fsp3) is 0.533. The maximum atomic E-state index is 12.3. The van der Waals surface area contributed by atoms with E-state index < -0.39 is 0 Å². The van der Waals surface area contributed by atoms with Crippen LogP contribution in [-0.2, 0) is 11.2 Å². The first-order valence-electron chi connectivity index (χ1n) is 7.01. The number of carbonyl (C=O) groups excluding carboxylic acids is 1. The Bertz CT molecular complexity index is 453. The SMILES string of the molecule is CC(CCc1cc(Cl)cc(Cl)c1)C(=O)N1CCNCC1. The van der Waals surface area contributed by atoms with Gasteiger partial charge in [-0.15, -0.1) is 0 Å². The number of piperazine rings is 1. The van der Waals surface area contributed by atoms with E-state index in [-0.39, 0.29) is 11.8 Å². The van der Waals surface area contributed by atoms with E-state index in [1.807, 2.05) is 24.0 Å². The molecule has 0 aliphatic carbocycles. The quantitative estimate of drug-likeness (QED) is 0.926. The minimum absolute atomic E-state index is 0.0332. The van der Waals surface area contributed by atoms with Crippen molar-refractivity contribution in [1.29, 1.82) is 0 Å². The molecule has 2 rings (SSSR count). The van der Waals surface area contributed by atoms with Gasteiger partial charge >= 0.3 is 0 Å². The molecule has 110 valence electrons. The topological polar surface area (TPSA) is 32.3 Å². The van der Waals surface area contributed by atoms with Gasteiger partial charge in [-0.2, -0.15) is 0 Å². The minimum Gasteiger partial charge on any atom is -0.340 e. The third-order valence-corrected chi connectivity index (χ3v) is 4.08. The van der Waals surface area contributed by atoms with Crippen molar-refractivity contribution in [2.75, 3.05) is 26.2 Å². The number of hydrogen-bond donors (Lipinski definition) is 1. The molecule has 1 amide bonds. The molecule has 1 aliphatic rings. The Morgan fingerprint density at radius 1 is 1.25 bits per heavy atom. The van der Waals surface area contributed by atoms with Crippen LogP contribution in [0.3, 0.4) is 0 Å². The molecular weight excluding hydrogens is 295 g/mol. The van der Waals surface area contributed by atoms with Crippen molar-refractivity contribution in [2.24, 2.45) is 5.92 Å². The third-order valence-electron chi connectivity index (χ3n) is 3.64. The van der Waals surface area contributed by atoms with E-state index in [0.29, 0.717) is 10.0 Å². The fourth-order valence-corrected chi connectivity index (χ4v) is 3.03. The van der Waals surface area contributed by atoms with E-state index in [1.165, 1.54) is 0 Å². The summed E-state index contributed by atoms with van der Waals surface area (Å²) in [5.74, 6) is 0.283. The highest BCUT2D eigenvalue weighted by Gasteiger charge is 2.21. The van der Waals surface area contributed by atoms with Crippen LogP contribution in [0.5, 0.6) is 0 Å². The van der Waals surface area contributed by atoms with Crippen LogP contribution in [0.25, 0.3) is 0 Å². The third kappa shape index (κ3) is 4.37. The highest BCUT2D eigenvalue weighted by molar-refractivity contribution is 6.34. The average molecular weight is 315 g/mol. The second-order valence-corrected chi connectivity index (χ2v) is 6.17. The lowest BCUT2D eigenvalue weighted by Crippen LogP contribution is -2.48. The monoisotopic (exact) mass is 314 g/mol. The van der Waals surface area contributed by atoms with Gasteiger partial charge in [-0.25, -0.2) is 0 Å². The van der Waals surface area contributed by atoms with Crippen molar-refractivity contribution in [3.63, 3.8) is 0 Å². The van der Waals surface area contributed by atoms with Gasteiger partial charge in [-0.05, 0) is 36.6 Å². The number of nitrogens with zero attached hydrogens (tertiary/aromatic N) is 1. The summed E-state index contributed by atoms with van der Waals surface area (Å²) in [5.41, 5.74) is 1.09. The van der Waals surface area contributed by atoms with Gasteiger partial charge in [0.25, 0.3) is 0 Å². The number of carbonyl (C=O) groups is 1. The van der Waals surface area contributed by atoms with Crippen LogP contribution in [0, 0.1) is 5.92 Å². The lowest BCUT2D eigenvalue weighted by Gasteiger charge is -2.29. The number of benzene rings is 1. The first-order valence-corrected chi connectivity index (χ1v) is 7.76. The number of aryl methyl sites for hydroxylation is 1. The maximum absolute atomic E-state index is 12.3. The average Bonchev–Trinajstić information content (AvgIpc) is 2.44. The van der Waals surface area contributed by atoms with E-state index in [1.54, 1.807) is 6.07 Å². The summed E-state index contributed by atoms with van der Waals surface area (Å²) in [6.45, 7) is 5.40. The van der Waals surface area contributed by atoms with E-state index >= 15 is 0 Å². The zero-order valence-corrected chi connectivity index (χ0v) is 13.2. The first-order chi connectivity index (χ1) is 9.56. The molecule has 1 aliphatic heterocycles. The van der Waals surface area contributed by atoms with Crippen molar-refractivity contribution < 1.29 is 4.79 Å². The Morgan fingerprint density at radius 3 is 2.45 bits per heavy atom. The Morgan fingerprint density at radius 2 is 1.85 bits per heavy atom. The fourth-order valence-electron chi connectivity index (χ4n) is 2.46. The second kappa shape index (κ2) is 7.30. The second-order valence-electron chi connectivity index (χ2n) is 5.29. The molecule has 1 saturated heterocycles. The molecule has 5 heteroatoms. The summed E-state index contributed by atoms with van der Waals surface area (Å²) in [7, 11) is 0. The molecule has 1 fully saturated rings. The summed E-state index contributed by atoms with van der Waals surface area (Å²) in [5, 5.41) is 4.55. The van der Waals surface area contributed by atoms with Gasteiger partial charge in [0.15, 0.2) is 0 Å². The number of amides is 1. The summed E-state index contributed by atoms with van der Waals surface area (Å²) in [4.78, 5) is 14.2. The number of rotatable bonds is 4. The molecule has 0 spiro atoms. The van der Waals surface area contributed by atoms with Gasteiger partial charge in [-0.3, -0.25) is 4.79 Å². The van der Waals surface area contributed by atoms with Crippen molar-refractivity contribution in [2.45, 2.75) is 19.8 Å². The molecule has 0 aromatic heterocycles. The Kier molecular flexibility index (Phi) is 5.70. The van der Waals surface area contributed by atoms with Gasteiger partial charge in [0.2, 0.25) is 5.91 Å². The molecule has 3 nitrogen and oxygen atoms in total. The van der Waals surface area contributed by atoms with Crippen LogP contribution >= 0.6 is 23.2 Å². The van der Waals surface area contributed by atoms with Crippen molar-refractivity contribution in [3.8, 4) is 0 Å². The molecule has 1 N–H and O–H groups in total. The van der Waals surface area contributed by atoms with Crippen LogP contribution in [0.4, 0.5) is 0 Å². The Labute approximate surface area is 130 Å². The number of nitrogens with one attached hydrogen (secondary N) is 1. The van der Waals surface area contributed by atoms with Crippen LogP contribution in [0.2, 0.25) is 10.0 Å². The molecule has 0 radical (unpaired) electrons. The minimum atomic E-state index is 0.0332. The molecule has 1 unspecified atom stereocenters. The smallest absolute Gasteiger partial charge is 0.225 e. The number of halogens is 2. The summed E-state index contributed by atoms with van der Waals surface area (Å²) < 4.78 is 0. The predicted molar refractivity (Wildman–Crippen MR) is 83.4 cm³/mol. The summed E-state index contributed by atoms with van der Waals surface area (Å²) >= 11 is 12.0. The molecule has 1 heterocycles. The highest BCUT2D eigenvalue weighted by atomic mass is 35.5. The van der Waals surface area contributed by atoms with Gasteiger partial charge < -0.3 is 10.2 Å². The molecule has 1 aromatic rings. The Hall–Kier alpha value is -0.770. The van der Waals surface area contributed by atoms with Crippen LogP contribution < -0.4 is 5.32 Å². The maximum Gasteiger partial charge on any atom is 0.225 e. The lowest BCUT2D eigenvalue weighted by atomic mass is 9.99. The summed E-state index contributed by atoms with van der Waals surface area (Å²) in [6.07, 6.45) is 1.64. The highest BCUT2D eigenvalue weighted by Crippen LogP contribution is 2.21. The molecule has 0 bridgehead atoms. The van der Waals surface area contributed by atoms with Gasteiger partial charge in [0.1, 0.15) is 0 Å². The van der Waals surface area contributed by atoms with Crippen molar-refractivity contribution in [3.05, 3.63) is 33.8 Å². The predicted octanol–water partition coefficient (Wildman–Crippen LogP) is 2.99. The largest absolute Gasteiger partial charge is 0.340 e. The molecule has 0 saturated carbocycles. The van der Waals surface area contributed by atoms with Crippen molar-refractivity contribution >= 4 is 29.1 Å². The molecular formula is C15H20Cl2N2O. The van der Waals surface area contributed by atoms with E-state index in [9.17, 15) is 4.79 Å². The molecule has 1 aromatic carbocycles. The first kappa shape index (κ1) is 15.6. The lowest BCUT2D eigenvalue weighted by molar-refractivity contribution is -0.135. The van der Waals surface area contributed by atoms with E-state index in [2.05, 4.69) is 5.32 Å². The van der Waals surface area contributed by atoms with Gasteiger partial charge in [0.05, 0.1) is 0 Å². The van der Waals surface area contributed by atoms with E-state index in [4.69, 9.17) is 23.2 Å². The van der Waals surface area contributed by atoms with Gasteiger partial charge in [-0.1, -0.05) is 30.1 Å². The zero-order chi connectivity index (χ0) is 14.5. The van der Waals surface area contributed by atoms with Crippen LogP contribution in [0.1, 0.15) is 18.9 Å². The Balaban J connectivity index is 1.87. The number of hydrogen-bond acceptors (Lipinski definition) is 2. The molecule has 20 heavy (non-hydrogen) atoms. The van der Waals surface area contributed by atoms with E-state index in [0.717, 1.165) is 44.6 Å². The zero-order valence-electron chi connectivity index (χ0n) is 11.7. The molecule has 1 atom stereocenters. The van der Waals surface area contributed by atoms with Crippen molar-refractivity contribution in [1.82, 2.24) is 10.2 Å². The van der Waals surface area contributed by atoms with Crippen LogP contribution in [0.15, 0.2) is 18.2 Å². The van der Waals surface area contributed by atoms with Gasteiger partial charge in [0, 0.05) is 42.1 Å².